The van der Waals surface area contributed by atoms with Crippen molar-refractivity contribution in [3.63, 3.8) is 0 Å². The smallest absolute Gasteiger partial charge is 0.326 e. The zero-order chi connectivity index (χ0) is 18.7. The van der Waals surface area contributed by atoms with E-state index in [1.54, 1.807) is 0 Å². The van der Waals surface area contributed by atoms with Gasteiger partial charge in [0.05, 0.1) is 12.6 Å². The second-order valence-corrected chi connectivity index (χ2v) is 5.95. The minimum absolute atomic E-state index is 0.324. The van der Waals surface area contributed by atoms with Crippen molar-refractivity contribution in [2.24, 2.45) is 5.73 Å². The molecule has 0 rings (SSSR count). The quantitative estimate of drug-likeness (QED) is 0.227. The molecule has 7 N–H and O–H groups in total. The monoisotopic (exact) mass is 365 g/mol. The predicted molar refractivity (Wildman–Crippen MR) is 86.4 cm³/mol. The molecule has 0 radical (unpaired) electrons. The van der Waals surface area contributed by atoms with Gasteiger partial charge in [-0.3, -0.25) is 14.4 Å². The van der Waals surface area contributed by atoms with Gasteiger partial charge in [0, 0.05) is 6.42 Å². The fourth-order valence-electron chi connectivity index (χ4n) is 1.65. The molecule has 138 valence electrons. The van der Waals surface area contributed by atoms with Crippen LogP contribution in [0.15, 0.2) is 0 Å². The van der Waals surface area contributed by atoms with E-state index in [2.05, 4.69) is 10.6 Å². The lowest BCUT2D eigenvalue weighted by Crippen LogP contribution is -2.55. The molecule has 11 heteroatoms. The fraction of sp³-hybridized carbons (Fsp3) is 0.692. The lowest BCUT2D eigenvalue weighted by Gasteiger charge is -2.21. The Morgan fingerprint density at radius 3 is 2.08 bits per heavy atom. The van der Waals surface area contributed by atoms with Gasteiger partial charge in [-0.05, 0) is 24.9 Å². The molecule has 0 aromatic heterocycles. The van der Waals surface area contributed by atoms with Gasteiger partial charge in [-0.2, -0.15) is 11.8 Å². The van der Waals surface area contributed by atoms with Crippen LogP contribution in [-0.4, -0.2) is 75.8 Å². The zero-order valence-corrected chi connectivity index (χ0v) is 14.0. The predicted octanol–water partition coefficient (Wildman–Crippen LogP) is -2.02. The maximum Gasteiger partial charge on any atom is 0.326 e. The largest absolute Gasteiger partial charge is 0.481 e. The topological polar surface area (TPSA) is 179 Å². The molecular formula is C13H23N3O7S. The number of rotatable bonds is 12. The molecule has 0 fully saturated rings. The molecule has 0 aromatic rings. The minimum atomic E-state index is -1.44. The zero-order valence-electron chi connectivity index (χ0n) is 13.2. The molecule has 0 bridgehead atoms. The Balaban J connectivity index is 4.67. The van der Waals surface area contributed by atoms with Crippen LogP contribution in [0.25, 0.3) is 0 Å². The number of carbonyl (C=O) groups excluding carboxylic acids is 2. The highest BCUT2D eigenvalue weighted by molar-refractivity contribution is 7.98. The summed E-state index contributed by atoms with van der Waals surface area (Å²) in [4.78, 5) is 45.3. The number of carboxylic acid groups (broad SMARTS) is 2. The van der Waals surface area contributed by atoms with Crippen LogP contribution >= 0.6 is 11.8 Å². The number of thioether (sulfide) groups is 1. The first-order chi connectivity index (χ1) is 11.2. The van der Waals surface area contributed by atoms with Crippen molar-refractivity contribution in [1.82, 2.24) is 10.6 Å². The molecule has 0 aliphatic rings. The second-order valence-electron chi connectivity index (χ2n) is 4.96. The first-order valence-electron chi connectivity index (χ1n) is 7.13. The number of aliphatic hydroxyl groups is 1. The van der Waals surface area contributed by atoms with Gasteiger partial charge in [0.1, 0.15) is 12.1 Å². The first-order valence-corrected chi connectivity index (χ1v) is 8.53. The Morgan fingerprint density at radius 1 is 1.04 bits per heavy atom. The summed E-state index contributed by atoms with van der Waals surface area (Å²) in [5.41, 5.74) is 5.64. The molecular weight excluding hydrogens is 342 g/mol. The minimum Gasteiger partial charge on any atom is -0.481 e. The van der Waals surface area contributed by atoms with Gasteiger partial charge in [-0.25, -0.2) is 4.79 Å². The van der Waals surface area contributed by atoms with Crippen molar-refractivity contribution in [1.29, 1.82) is 0 Å². The molecule has 0 saturated carbocycles. The lowest BCUT2D eigenvalue weighted by molar-refractivity contribution is -0.143. The summed E-state index contributed by atoms with van der Waals surface area (Å²) in [5.74, 6) is -3.55. The summed E-state index contributed by atoms with van der Waals surface area (Å²) in [7, 11) is 0. The van der Waals surface area contributed by atoms with E-state index in [0.717, 1.165) is 0 Å². The molecule has 2 amide bonds. The molecule has 0 heterocycles. The number of nitrogens with one attached hydrogen (secondary N) is 2. The molecule has 24 heavy (non-hydrogen) atoms. The third kappa shape index (κ3) is 8.70. The van der Waals surface area contributed by atoms with E-state index in [1.807, 2.05) is 6.26 Å². The fourth-order valence-corrected chi connectivity index (χ4v) is 2.14. The normalized spacial score (nSPS) is 14.3. The average molecular weight is 365 g/mol. The summed E-state index contributed by atoms with van der Waals surface area (Å²) in [6.45, 7) is -0.752. The number of carboxylic acids is 2. The summed E-state index contributed by atoms with van der Waals surface area (Å²) >= 11 is 1.50. The van der Waals surface area contributed by atoms with Crippen molar-refractivity contribution >= 4 is 35.5 Å². The van der Waals surface area contributed by atoms with Gasteiger partial charge >= 0.3 is 11.9 Å². The van der Waals surface area contributed by atoms with Gasteiger partial charge in [0.25, 0.3) is 0 Å². The molecule has 0 saturated heterocycles. The van der Waals surface area contributed by atoms with Crippen LogP contribution in [0.4, 0.5) is 0 Å². The highest BCUT2D eigenvalue weighted by Crippen LogP contribution is 2.01. The lowest BCUT2D eigenvalue weighted by atomic mass is 10.1. The van der Waals surface area contributed by atoms with E-state index in [0.29, 0.717) is 12.2 Å². The number of aliphatic hydroxyl groups excluding tert-OH is 1. The summed E-state index contributed by atoms with van der Waals surface area (Å²) in [6.07, 6.45) is 1.45. The molecule has 3 atom stereocenters. The number of nitrogens with two attached hydrogens (primary N) is 1. The molecule has 0 aliphatic carbocycles. The van der Waals surface area contributed by atoms with E-state index in [4.69, 9.17) is 15.9 Å². The highest BCUT2D eigenvalue weighted by atomic mass is 32.2. The van der Waals surface area contributed by atoms with E-state index in [9.17, 15) is 24.3 Å². The van der Waals surface area contributed by atoms with Gasteiger partial charge in [-0.15, -0.1) is 0 Å². The molecule has 10 nitrogen and oxygen atoms in total. The van der Waals surface area contributed by atoms with Gasteiger partial charge in [0.15, 0.2) is 0 Å². The molecule has 0 spiro atoms. The van der Waals surface area contributed by atoms with Crippen molar-refractivity contribution in [3.05, 3.63) is 0 Å². The van der Waals surface area contributed by atoms with Crippen LogP contribution in [-0.2, 0) is 19.2 Å². The maximum absolute atomic E-state index is 12.0. The van der Waals surface area contributed by atoms with Crippen LogP contribution in [0.2, 0.25) is 0 Å². The Hall–Kier alpha value is -1.85. The molecule has 0 unspecified atom stereocenters. The van der Waals surface area contributed by atoms with E-state index < -0.39 is 54.9 Å². The number of hydrogen-bond donors (Lipinski definition) is 6. The molecule has 0 aromatic carbocycles. The summed E-state index contributed by atoms with van der Waals surface area (Å²) in [5, 5.41) is 31.1. The Labute approximate surface area is 143 Å². The Bertz CT molecular complexity index is 461. The first kappa shape index (κ1) is 22.1. The van der Waals surface area contributed by atoms with Crippen molar-refractivity contribution in [2.45, 2.75) is 37.4 Å². The van der Waals surface area contributed by atoms with Gasteiger partial charge in [0.2, 0.25) is 11.8 Å². The number of amides is 2. The SMILES string of the molecule is CSCC[C@H](N)C(=O)N[C@@H](CO)C(=O)N[C@@H](CCC(=O)O)C(=O)O. The summed E-state index contributed by atoms with van der Waals surface area (Å²) < 4.78 is 0. The Kier molecular flexibility index (Phi) is 10.8. The van der Waals surface area contributed by atoms with E-state index in [1.165, 1.54) is 11.8 Å². The number of aliphatic carboxylic acids is 2. The van der Waals surface area contributed by atoms with E-state index in [-0.39, 0.29) is 6.42 Å². The van der Waals surface area contributed by atoms with Gasteiger partial charge < -0.3 is 31.7 Å². The highest BCUT2D eigenvalue weighted by Gasteiger charge is 2.27. The van der Waals surface area contributed by atoms with E-state index >= 15 is 0 Å². The van der Waals surface area contributed by atoms with Crippen LogP contribution in [0, 0.1) is 0 Å². The summed E-state index contributed by atoms with van der Waals surface area (Å²) in [6, 6.07) is -3.67. The standard InChI is InChI=1S/C13H23N3O7S/c1-24-5-4-7(14)11(20)16-9(6-17)12(21)15-8(13(22)23)2-3-10(18)19/h7-9,17H,2-6,14H2,1H3,(H,15,21)(H,16,20)(H,18,19)(H,22,23)/t7-,8-,9-/m0/s1. The third-order valence-electron chi connectivity index (χ3n) is 3.05. The second kappa shape index (κ2) is 11.6. The van der Waals surface area contributed by atoms with Crippen LogP contribution in [0.3, 0.4) is 0 Å². The van der Waals surface area contributed by atoms with Crippen molar-refractivity contribution < 1.29 is 34.5 Å². The average Bonchev–Trinajstić information content (AvgIpc) is 2.52. The van der Waals surface area contributed by atoms with Crippen LogP contribution in [0.5, 0.6) is 0 Å². The van der Waals surface area contributed by atoms with Crippen LogP contribution in [0.1, 0.15) is 19.3 Å². The van der Waals surface area contributed by atoms with Crippen molar-refractivity contribution in [2.75, 3.05) is 18.6 Å². The maximum atomic E-state index is 12.0. The number of hydrogen-bond acceptors (Lipinski definition) is 7. The van der Waals surface area contributed by atoms with Crippen molar-refractivity contribution in [3.8, 4) is 0 Å². The van der Waals surface area contributed by atoms with Gasteiger partial charge in [-0.1, -0.05) is 0 Å². The van der Waals surface area contributed by atoms with Crippen LogP contribution < -0.4 is 16.4 Å². The Morgan fingerprint density at radius 2 is 1.62 bits per heavy atom. The third-order valence-corrected chi connectivity index (χ3v) is 3.69. The molecule has 0 aliphatic heterocycles. The number of carbonyl (C=O) groups is 4.